The smallest absolute Gasteiger partial charge is 0.326 e. The number of nitrogens with zero attached hydrogens (tertiary/aromatic N) is 1. The van der Waals surface area contributed by atoms with Gasteiger partial charge >= 0.3 is 11.9 Å². The van der Waals surface area contributed by atoms with Crippen molar-refractivity contribution in [1.82, 2.24) is 42.5 Å². The summed E-state index contributed by atoms with van der Waals surface area (Å²) in [6.07, 6.45) is 0.798. The Morgan fingerprint density at radius 3 is 1.58 bits per heavy atom. The Bertz CT molecular complexity index is 2190. The third kappa shape index (κ3) is 27.3. The zero-order valence-electron chi connectivity index (χ0n) is 44.9. The lowest BCUT2D eigenvalue weighted by molar-refractivity contribution is -0.144. The third-order valence-electron chi connectivity index (χ3n) is 11.8. The summed E-state index contributed by atoms with van der Waals surface area (Å²) in [6.45, 7) is 6.10. The Morgan fingerprint density at radius 2 is 1.08 bits per heavy atom. The normalized spacial score (nSPS) is 14.5. The van der Waals surface area contributed by atoms with Gasteiger partial charge in [0.05, 0.1) is 19.1 Å². The Hall–Kier alpha value is -7.11. The van der Waals surface area contributed by atoms with E-state index in [1.54, 1.807) is 36.6 Å². The third-order valence-corrected chi connectivity index (χ3v) is 12.4. The van der Waals surface area contributed by atoms with E-state index in [0.717, 1.165) is 0 Å². The lowest BCUT2D eigenvalue weighted by Crippen LogP contribution is -2.61. The van der Waals surface area contributed by atoms with Crippen molar-refractivity contribution < 1.29 is 68.1 Å². The highest BCUT2D eigenvalue weighted by Crippen LogP contribution is 2.12. The fourth-order valence-electron chi connectivity index (χ4n) is 7.49. The minimum atomic E-state index is -1.97. The predicted octanol–water partition coefficient (Wildman–Crippen LogP) is -4.11. The highest BCUT2D eigenvalue weighted by molar-refractivity contribution is 7.98. The van der Waals surface area contributed by atoms with Crippen molar-refractivity contribution in [3.8, 4) is 0 Å². The second-order valence-electron chi connectivity index (χ2n) is 19.2. The number of aliphatic imine (C=N–C) groups is 1. The number of unbranched alkanes of at least 4 members (excludes halogenated alkanes) is 1. The number of carbonyl (C=O) groups is 11. The number of carboxylic acids is 2. The maximum Gasteiger partial charge on any atom is 0.326 e. The number of primary amides is 1. The molecule has 0 aliphatic heterocycles. The molecule has 0 fully saturated rings. The number of carbonyl (C=O) groups excluding carboxylic acids is 9. The number of amides is 9. The molecule has 1 rings (SSSR count). The summed E-state index contributed by atoms with van der Waals surface area (Å²) in [5.74, 6) is -12.0. The average Bonchev–Trinajstić information content (AvgIpc) is 3.36. The molecule has 1 aromatic carbocycles. The Labute approximate surface area is 457 Å². The summed E-state index contributed by atoms with van der Waals surface area (Å²) < 4.78 is 0. The highest BCUT2D eigenvalue weighted by Gasteiger charge is 2.36. The SMILES string of the molecule is CSCC[C@H](NC(=O)[C@H](CC(C)C)NC(=O)[C@@H](N)CCCN=C(N)N)C(=O)N[C@@H](CCCCN)C(=O)N[C@@H](CCC(N)=O)C(=O)N[C@@H](CC(=O)O)C(=O)N[C@@H](Cc1ccccc1)C(=O)N[C@@H](CO)C(=O)N[C@H](C(=O)O)C(C)C. The topological polar surface area (TPSA) is 487 Å². The van der Waals surface area contributed by atoms with E-state index >= 15 is 0 Å². The Balaban J connectivity index is 3.54. The first-order valence-corrected chi connectivity index (χ1v) is 26.9. The molecule has 0 saturated carbocycles. The molecular formula is C49H82N14O14S. The van der Waals surface area contributed by atoms with Crippen molar-refractivity contribution in [1.29, 1.82) is 0 Å². The van der Waals surface area contributed by atoms with Crippen molar-refractivity contribution >= 4 is 82.8 Å². The lowest BCUT2D eigenvalue weighted by atomic mass is 10.0. The molecule has 0 bridgehead atoms. The van der Waals surface area contributed by atoms with E-state index in [1.807, 2.05) is 13.8 Å². The van der Waals surface area contributed by atoms with E-state index in [2.05, 4.69) is 47.5 Å². The first-order valence-electron chi connectivity index (χ1n) is 25.5. The minimum Gasteiger partial charge on any atom is -0.481 e. The monoisotopic (exact) mass is 1120 g/mol. The number of nitrogens with two attached hydrogens (primary N) is 5. The maximum atomic E-state index is 14.2. The number of rotatable bonds is 39. The van der Waals surface area contributed by atoms with Crippen LogP contribution in [0.15, 0.2) is 35.3 Å². The molecule has 0 saturated heterocycles. The van der Waals surface area contributed by atoms with E-state index in [9.17, 15) is 68.1 Å². The molecule has 9 amide bonds. The first kappa shape index (κ1) is 68.9. The summed E-state index contributed by atoms with van der Waals surface area (Å²) in [5.41, 5.74) is 28.4. The van der Waals surface area contributed by atoms with Gasteiger partial charge in [-0.2, -0.15) is 11.8 Å². The van der Waals surface area contributed by atoms with Gasteiger partial charge in [0.15, 0.2) is 5.96 Å². The van der Waals surface area contributed by atoms with Crippen LogP contribution >= 0.6 is 11.8 Å². The van der Waals surface area contributed by atoms with Gasteiger partial charge in [-0.15, -0.1) is 0 Å². The van der Waals surface area contributed by atoms with Crippen molar-refractivity contribution in [2.45, 2.75) is 153 Å². The van der Waals surface area contributed by atoms with Crippen molar-refractivity contribution in [3.63, 3.8) is 0 Å². The molecule has 438 valence electrons. The molecule has 0 aliphatic carbocycles. The van der Waals surface area contributed by atoms with Crippen LogP contribution in [0, 0.1) is 11.8 Å². The number of guanidine groups is 1. The lowest BCUT2D eigenvalue weighted by Gasteiger charge is -2.28. The molecule has 1 aromatic rings. The van der Waals surface area contributed by atoms with Crippen molar-refractivity contribution in [2.24, 2.45) is 45.5 Å². The van der Waals surface area contributed by atoms with Gasteiger partial charge < -0.3 is 86.5 Å². The van der Waals surface area contributed by atoms with Gasteiger partial charge in [-0.1, -0.05) is 58.0 Å². The van der Waals surface area contributed by atoms with Crippen LogP contribution in [0.1, 0.15) is 97.5 Å². The molecule has 78 heavy (non-hydrogen) atoms. The molecule has 0 aromatic heterocycles. The molecule has 28 nitrogen and oxygen atoms in total. The zero-order valence-corrected chi connectivity index (χ0v) is 45.7. The number of nitrogens with one attached hydrogen (secondary N) is 8. The van der Waals surface area contributed by atoms with Crippen LogP contribution < -0.4 is 71.2 Å². The molecule has 0 heterocycles. The van der Waals surface area contributed by atoms with E-state index < -0.39 is 151 Å². The Kier molecular flexibility index (Phi) is 32.5. The number of hydrogen-bond donors (Lipinski definition) is 16. The average molecular weight is 1120 g/mol. The fraction of sp³-hybridized carbons (Fsp3) is 0.633. The van der Waals surface area contributed by atoms with Crippen LogP contribution in [-0.2, 0) is 59.2 Å². The van der Waals surface area contributed by atoms with Crippen molar-refractivity contribution in [2.75, 3.05) is 31.7 Å². The van der Waals surface area contributed by atoms with E-state index in [4.69, 9.17) is 28.7 Å². The number of carboxylic acid groups (broad SMARTS) is 2. The van der Waals surface area contributed by atoms with Crippen molar-refractivity contribution in [3.05, 3.63) is 35.9 Å². The second kappa shape index (κ2) is 36.8. The molecule has 29 heteroatoms. The number of benzene rings is 1. The van der Waals surface area contributed by atoms with E-state index in [1.165, 1.54) is 25.6 Å². The highest BCUT2D eigenvalue weighted by atomic mass is 32.2. The molecule has 9 atom stereocenters. The summed E-state index contributed by atoms with van der Waals surface area (Å²) in [4.78, 5) is 150. The number of thioether (sulfide) groups is 1. The summed E-state index contributed by atoms with van der Waals surface area (Å²) in [6, 6.07) is -5.14. The fourth-order valence-corrected chi connectivity index (χ4v) is 7.96. The second-order valence-corrected chi connectivity index (χ2v) is 20.2. The van der Waals surface area contributed by atoms with Crippen LogP contribution in [0.4, 0.5) is 0 Å². The van der Waals surface area contributed by atoms with Gasteiger partial charge in [0.1, 0.15) is 48.3 Å². The molecular weight excluding hydrogens is 1040 g/mol. The number of aliphatic hydroxyl groups is 1. The largest absolute Gasteiger partial charge is 0.481 e. The molecule has 21 N–H and O–H groups in total. The quantitative estimate of drug-likeness (QED) is 0.0169. The van der Waals surface area contributed by atoms with Gasteiger partial charge in [0, 0.05) is 19.4 Å². The van der Waals surface area contributed by atoms with Gasteiger partial charge in [0.25, 0.3) is 0 Å². The zero-order chi connectivity index (χ0) is 59.1. The van der Waals surface area contributed by atoms with Crippen LogP contribution in [0.5, 0.6) is 0 Å². The standard InChI is InChI=1S/C49H82N14O14S/c1-26(2)22-33(59-40(68)29(51)14-11-20-55-49(53)54)44(72)58-32(18-21-78-5)43(71)56-30(15-9-10-19-50)41(69)57-31(16-17-37(52)65)42(70)61-35(24-38(66)67)46(74)60-34(23-28-12-7-6-8-13-28)45(73)62-36(25-64)47(75)63-39(27(3)4)48(76)77/h6-8,12-13,26-27,29-36,39,64H,9-11,14-25,50-51H2,1-5H3,(H2,52,65)(H,56,71)(H,57,69)(H,58,72)(H,59,68)(H,60,74)(H,61,70)(H,62,73)(H,63,75)(H,66,67)(H,76,77)(H4,53,54,55)/t29-,30-,31-,32-,33-,34-,35-,36-,39-/m0/s1. The Morgan fingerprint density at radius 1 is 0.590 bits per heavy atom. The number of aliphatic hydroxyl groups excluding tert-OH is 1. The van der Waals surface area contributed by atoms with Crippen LogP contribution in [-0.4, -0.2) is 172 Å². The minimum absolute atomic E-state index is 0.0548. The van der Waals surface area contributed by atoms with E-state index in [-0.39, 0.29) is 63.5 Å². The summed E-state index contributed by atoms with van der Waals surface area (Å²) in [5, 5.41) is 49.1. The van der Waals surface area contributed by atoms with E-state index in [0.29, 0.717) is 24.2 Å². The number of aliphatic carboxylic acids is 2. The first-order chi connectivity index (χ1) is 36.7. The van der Waals surface area contributed by atoms with Gasteiger partial charge in [-0.25, -0.2) is 4.79 Å². The maximum absolute atomic E-state index is 14.2. The van der Waals surface area contributed by atoms with Gasteiger partial charge in [-0.3, -0.25) is 52.9 Å². The van der Waals surface area contributed by atoms with Gasteiger partial charge in [-0.05, 0) is 87.3 Å². The molecule has 0 radical (unpaired) electrons. The van der Waals surface area contributed by atoms with Crippen LogP contribution in [0.3, 0.4) is 0 Å². The summed E-state index contributed by atoms with van der Waals surface area (Å²) >= 11 is 1.36. The number of hydrogen-bond acceptors (Lipinski definition) is 16. The summed E-state index contributed by atoms with van der Waals surface area (Å²) in [7, 11) is 0. The van der Waals surface area contributed by atoms with Crippen LogP contribution in [0.2, 0.25) is 0 Å². The molecule has 0 spiro atoms. The van der Waals surface area contributed by atoms with Crippen LogP contribution in [0.25, 0.3) is 0 Å². The predicted molar refractivity (Wildman–Crippen MR) is 289 cm³/mol. The molecule has 0 unspecified atom stereocenters. The molecule has 0 aliphatic rings. The van der Waals surface area contributed by atoms with Gasteiger partial charge in [0.2, 0.25) is 53.2 Å².